The Balaban J connectivity index is 2.92. The van der Waals surface area contributed by atoms with E-state index in [0.717, 1.165) is 5.56 Å². The molecule has 0 aliphatic heterocycles. The summed E-state index contributed by atoms with van der Waals surface area (Å²) in [4.78, 5) is 23.8. The monoisotopic (exact) mass is 406 g/mol. The molecule has 0 radical (unpaired) electrons. The predicted molar refractivity (Wildman–Crippen MR) is 115 cm³/mol. The van der Waals surface area contributed by atoms with E-state index in [4.69, 9.17) is 15.1 Å². The maximum absolute atomic E-state index is 12.0. The lowest BCUT2D eigenvalue weighted by molar-refractivity contribution is -0.120. The number of nitrogens with two attached hydrogens (primary N) is 1. The number of amides is 2. The zero-order valence-electron chi connectivity index (χ0n) is 18.8. The van der Waals surface area contributed by atoms with Gasteiger partial charge in [-0.3, -0.25) is 4.79 Å². The molecular weight excluding hydrogens is 371 g/mol. The van der Waals surface area contributed by atoms with Gasteiger partial charge in [-0.2, -0.15) is 0 Å². The molecule has 1 aromatic rings. The number of alkyl carbamates (subject to hydrolysis) is 1. The van der Waals surface area contributed by atoms with Crippen LogP contribution >= 0.6 is 0 Å². The van der Waals surface area contributed by atoms with Gasteiger partial charge in [0.15, 0.2) is 0 Å². The number of carbonyl (C=O) groups is 2. The highest BCUT2D eigenvalue weighted by Gasteiger charge is 2.37. The van der Waals surface area contributed by atoms with E-state index >= 15 is 0 Å². The van der Waals surface area contributed by atoms with Gasteiger partial charge < -0.3 is 25.5 Å². The number of ether oxygens (including phenoxy) is 1. The minimum absolute atomic E-state index is 0.164. The smallest absolute Gasteiger partial charge is 0.444 e. The van der Waals surface area contributed by atoms with E-state index in [1.165, 1.54) is 0 Å². The second kappa shape index (κ2) is 9.18. The van der Waals surface area contributed by atoms with Crippen molar-refractivity contribution in [2.24, 2.45) is 11.1 Å². The van der Waals surface area contributed by atoms with Crippen LogP contribution in [0.5, 0.6) is 0 Å². The lowest BCUT2D eigenvalue weighted by Gasteiger charge is -2.40. The van der Waals surface area contributed by atoms with Crippen LogP contribution in [0.3, 0.4) is 0 Å². The van der Waals surface area contributed by atoms with E-state index in [2.05, 4.69) is 5.32 Å². The van der Waals surface area contributed by atoms with Crippen molar-refractivity contribution in [3.05, 3.63) is 29.8 Å². The van der Waals surface area contributed by atoms with Crippen molar-refractivity contribution in [3.63, 3.8) is 0 Å². The van der Waals surface area contributed by atoms with Gasteiger partial charge in [-0.25, -0.2) is 4.79 Å². The van der Waals surface area contributed by atoms with Crippen molar-refractivity contribution in [3.8, 4) is 0 Å². The molecule has 0 spiro atoms. The summed E-state index contributed by atoms with van der Waals surface area (Å²) >= 11 is 0. The molecule has 162 valence electrons. The van der Waals surface area contributed by atoms with Crippen LogP contribution in [-0.4, -0.2) is 41.4 Å². The van der Waals surface area contributed by atoms with Crippen LogP contribution in [-0.2, 0) is 20.6 Å². The molecule has 1 aromatic carbocycles. The van der Waals surface area contributed by atoms with Crippen molar-refractivity contribution < 1.29 is 24.0 Å². The molecule has 0 aromatic heterocycles. The average molecular weight is 406 g/mol. The van der Waals surface area contributed by atoms with E-state index in [0.29, 0.717) is 5.46 Å². The Morgan fingerprint density at radius 3 is 2.21 bits per heavy atom. The van der Waals surface area contributed by atoms with E-state index in [9.17, 15) is 14.6 Å². The topological polar surface area (TPSA) is 111 Å². The lowest BCUT2D eigenvalue weighted by atomic mass is 9.73. The molecule has 4 N–H and O–H groups in total. The standard InChI is InChI=1S/C21H35BN2O5/c1-19(2,3)21(7,8)29-22(27)15-11-9-10-14(12-15)13-16(17(23)25)24-18(26)28-20(4,5)6/h9-12,16,27H,13H2,1-8H3,(H2,23,25)(H,24,26)/t16-/m0/s1. The van der Waals surface area contributed by atoms with E-state index in [-0.39, 0.29) is 11.8 Å². The summed E-state index contributed by atoms with van der Waals surface area (Å²) in [5.74, 6) is -0.674. The van der Waals surface area contributed by atoms with Crippen LogP contribution < -0.4 is 16.5 Å². The Bertz CT molecular complexity index is 723. The summed E-state index contributed by atoms with van der Waals surface area (Å²) in [5, 5.41) is 13.1. The maximum Gasteiger partial charge on any atom is 0.491 e. The molecule has 8 heteroatoms. The summed E-state index contributed by atoms with van der Waals surface area (Å²) in [6.07, 6.45) is -0.551. The number of carbonyl (C=O) groups excluding carboxylic acids is 2. The van der Waals surface area contributed by atoms with Gasteiger partial charge >= 0.3 is 13.2 Å². The van der Waals surface area contributed by atoms with Crippen molar-refractivity contribution in [2.75, 3.05) is 0 Å². The molecule has 0 fully saturated rings. The summed E-state index contributed by atoms with van der Waals surface area (Å²) in [6, 6.07) is 6.08. The molecule has 0 saturated heterocycles. The summed E-state index contributed by atoms with van der Waals surface area (Å²) in [6.45, 7) is 15.2. The zero-order valence-corrected chi connectivity index (χ0v) is 18.8. The zero-order chi connectivity index (χ0) is 22.6. The Kier molecular flexibility index (Phi) is 7.90. The highest BCUT2D eigenvalue weighted by atomic mass is 16.6. The first-order valence-corrected chi connectivity index (χ1v) is 9.75. The molecule has 7 nitrogen and oxygen atoms in total. The fourth-order valence-electron chi connectivity index (χ4n) is 2.31. The Hall–Kier alpha value is -2.06. The van der Waals surface area contributed by atoms with E-state index in [1.54, 1.807) is 45.0 Å². The van der Waals surface area contributed by atoms with Gasteiger partial charge in [-0.15, -0.1) is 0 Å². The van der Waals surface area contributed by atoms with Gasteiger partial charge in [0.1, 0.15) is 11.6 Å². The van der Waals surface area contributed by atoms with E-state index < -0.39 is 36.4 Å². The van der Waals surface area contributed by atoms with E-state index in [1.807, 2.05) is 34.6 Å². The second-order valence-corrected chi connectivity index (χ2v) is 9.78. The molecule has 0 saturated carbocycles. The Morgan fingerprint density at radius 1 is 1.14 bits per heavy atom. The molecule has 29 heavy (non-hydrogen) atoms. The largest absolute Gasteiger partial charge is 0.491 e. The number of benzene rings is 1. The normalized spacial score (nSPS) is 13.6. The minimum Gasteiger partial charge on any atom is -0.444 e. The summed E-state index contributed by atoms with van der Waals surface area (Å²) < 4.78 is 11.1. The van der Waals surface area contributed by atoms with Crippen molar-refractivity contribution in [1.29, 1.82) is 0 Å². The van der Waals surface area contributed by atoms with Crippen LogP contribution in [0.2, 0.25) is 0 Å². The first-order valence-electron chi connectivity index (χ1n) is 9.75. The third kappa shape index (κ3) is 8.07. The van der Waals surface area contributed by atoms with Gasteiger partial charge in [-0.05, 0) is 51.1 Å². The van der Waals surface area contributed by atoms with Gasteiger partial charge in [0.25, 0.3) is 0 Å². The molecule has 0 bridgehead atoms. The summed E-state index contributed by atoms with van der Waals surface area (Å²) in [5.41, 5.74) is 5.28. The van der Waals surface area contributed by atoms with Crippen LogP contribution in [0.4, 0.5) is 4.79 Å². The van der Waals surface area contributed by atoms with Gasteiger partial charge in [0, 0.05) is 6.42 Å². The number of hydrogen-bond donors (Lipinski definition) is 3. The average Bonchev–Trinajstić information content (AvgIpc) is 2.51. The van der Waals surface area contributed by atoms with Crippen LogP contribution in [0.25, 0.3) is 0 Å². The highest BCUT2D eigenvalue weighted by molar-refractivity contribution is 6.60. The van der Waals surface area contributed by atoms with Gasteiger partial charge in [0.2, 0.25) is 5.91 Å². The van der Waals surface area contributed by atoms with Crippen LogP contribution in [0, 0.1) is 5.41 Å². The molecule has 0 heterocycles. The molecule has 0 aliphatic rings. The Morgan fingerprint density at radius 2 is 1.72 bits per heavy atom. The van der Waals surface area contributed by atoms with Gasteiger partial charge in [-0.1, -0.05) is 45.0 Å². The number of rotatable bonds is 7. The minimum atomic E-state index is -1.13. The number of nitrogens with one attached hydrogen (secondary N) is 1. The fraction of sp³-hybridized carbons (Fsp3) is 0.619. The molecule has 1 atom stereocenters. The Labute approximate surface area is 174 Å². The van der Waals surface area contributed by atoms with Gasteiger partial charge in [0.05, 0.1) is 5.60 Å². The maximum atomic E-state index is 12.0. The number of hydrogen-bond acceptors (Lipinski definition) is 5. The quantitative estimate of drug-likeness (QED) is 0.601. The van der Waals surface area contributed by atoms with Crippen LogP contribution in [0.15, 0.2) is 24.3 Å². The molecule has 0 aliphatic carbocycles. The molecular formula is C21H35BN2O5. The second-order valence-electron chi connectivity index (χ2n) is 9.78. The third-order valence-corrected chi connectivity index (χ3v) is 4.92. The SMILES string of the molecule is CC(C)(C)OC(=O)N[C@@H](Cc1cccc(B(O)OC(C)(C)C(C)(C)C)c1)C(N)=O. The summed E-state index contributed by atoms with van der Waals surface area (Å²) in [7, 11) is -1.13. The fourth-order valence-corrected chi connectivity index (χ4v) is 2.31. The first-order chi connectivity index (χ1) is 13.0. The molecule has 2 amide bonds. The lowest BCUT2D eigenvalue weighted by Crippen LogP contribution is -2.49. The van der Waals surface area contributed by atoms with Crippen molar-refractivity contribution >= 4 is 24.6 Å². The molecule has 0 unspecified atom stereocenters. The third-order valence-electron chi connectivity index (χ3n) is 4.92. The number of primary amides is 1. The molecule has 1 rings (SSSR count). The highest BCUT2D eigenvalue weighted by Crippen LogP contribution is 2.33. The first kappa shape index (κ1) is 25.0. The van der Waals surface area contributed by atoms with Crippen molar-refractivity contribution in [1.82, 2.24) is 5.32 Å². The van der Waals surface area contributed by atoms with Crippen LogP contribution in [0.1, 0.15) is 61.0 Å². The predicted octanol–water partition coefficient (Wildman–Crippen LogP) is 2.14. The van der Waals surface area contributed by atoms with Crippen molar-refractivity contribution in [2.45, 2.75) is 79.1 Å².